The third kappa shape index (κ3) is 21.8. The van der Waals surface area contributed by atoms with Crippen molar-refractivity contribution in [2.45, 2.75) is 35.1 Å². The number of rotatable bonds is 21. The highest BCUT2D eigenvalue weighted by Crippen LogP contribution is 2.39. The van der Waals surface area contributed by atoms with E-state index in [0.717, 1.165) is 94.2 Å². The monoisotopic (exact) mass is 1820 g/mol. The molecule has 0 unspecified atom stereocenters. The van der Waals surface area contributed by atoms with Gasteiger partial charge in [0.2, 0.25) is 17.8 Å². The minimum absolute atomic E-state index is 0. The van der Waals surface area contributed by atoms with Gasteiger partial charge in [-0.05, 0) is 122 Å². The normalized spacial score (nSPS) is 12.9. The molecule has 133 heavy (non-hydrogen) atoms. The maximum absolute atomic E-state index is 13.9. The number of anilines is 9. The molecule has 3 aliphatic rings. The van der Waals surface area contributed by atoms with E-state index in [4.69, 9.17) is 22.1 Å². The minimum Gasteiger partial charge on any atom is -0.506 e. The zero-order valence-corrected chi connectivity index (χ0v) is 74.1. The Morgan fingerprint density at radius 1 is 0.353 bits per heavy atom. The summed E-state index contributed by atoms with van der Waals surface area (Å²) in [6.07, 6.45) is 6.83. The number of phenolic OH excluding ortho intramolecular Hbond substituents is 2. The van der Waals surface area contributed by atoms with E-state index in [1.165, 1.54) is 24.5 Å². The molecule has 10 heterocycles. The van der Waals surface area contributed by atoms with Crippen molar-refractivity contribution in [3.63, 3.8) is 0 Å². The van der Waals surface area contributed by atoms with Gasteiger partial charge in [0.05, 0.1) is 54.2 Å². The number of nitrogen functional groups attached to an aromatic ring is 1. The van der Waals surface area contributed by atoms with Crippen LogP contribution in [0.5, 0.6) is 17.2 Å². The van der Waals surface area contributed by atoms with Crippen LogP contribution in [-0.2, 0) is 47.4 Å². The molecule has 7 aromatic carbocycles. The number of esters is 1. The van der Waals surface area contributed by atoms with E-state index in [1.54, 1.807) is 82.9 Å². The van der Waals surface area contributed by atoms with Crippen LogP contribution < -0.4 is 50.5 Å². The number of amides is 2. The number of benzene rings is 7. The van der Waals surface area contributed by atoms with Gasteiger partial charge in [0.25, 0.3) is 40.2 Å². The van der Waals surface area contributed by atoms with E-state index in [2.05, 4.69) is 45.4 Å². The Morgan fingerprint density at radius 2 is 0.624 bits per heavy atom. The van der Waals surface area contributed by atoms with Crippen LogP contribution in [0.25, 0.3) is 44.5 Å². The van der Waals surface area contributed by atoms with E-state index in [1.807, 2.05) is 204 Å². The first-order chi connectivity index (χ1) is 63.5. The topological polar surface area (TPSA) is 353 Å². The molecule has 14 aromatic rings. The van der Waals surface area contributed by atoms with Gasteiger partial charge in [0, 0.05) is 187 Å². The maximum Gasteiger partial charge on any atom is 0.386 e. The van der Waals surface area contributed by atoms with E-state index >= 15 is 0 Å². The number of nitrogens with zero attached hydrogens (tertiary/aromatic N) is 16. The number of nitrogens with one attached hydrogen (secondary N) is 2. The molecule has 0 atom stereocenters. The van der Waals surface area contributed by atoms with Gasteiger partial charge in [-0.3, -0.25) is 33.6 Å². The van der Waals surface area contributed by atoms with Gasteiger partial charge in [-0.25, -0.2) is 47.9 Å². The van der Waals surface area contributed by atoms with Gasteiger partial charge in [0.15, 0.2) is 23.2 Å². The smallest absolute Gasteiger partial charge is 0.386 e. The number of phenols is 2. The lowest BCUT2D eigenvalue weighted by molar-refractivity contribution is -0.129. The molecule has 7 aromatic heterocycles. The number of Topliss-reactive ketones (excluding diaryl/α,β-unsaturated/α-hetero) is 4. The molecule has 34 heteroatoms. The summed E-state index contributed by atoms with van der Waals surface area (Å²) in [5.41, 5.74) is 18.8. The van der Waals surface area contributed by atoms with Gasteiger partial charge >= 0.3 is 5.97 Å². The van der Waals surface area contributed by atoms with E-state index in [-0.39, 0.29) is 41.8 Å². The molecule has 0 radical (unpaired) electrons. The molecular weight excluding hydrogens is 1720 g/mol. The second-order valence-corrected chi connectivity index (χ2v) is 31.8. The van der Waals surface area contributed by atoms with E-state index < -0.39 is 63.6 Å². The fourth-order valence-electron chi connectivity index (χ4n) is 15.8. The van der Waals surface area contributed by atoms with Crippen LogP contribution in [0.1, 0.15) is 72.2 Å². The van der Waals surface area contributed by atoms with Crippen LogP contribution in [0.15, 0.2) is 237 Å². The number of aromatic nitrogens is 10. The first-order valence-corrected chi connectivity index (χ1v) is 42.4. The van der Waals surface area contributed by atoms with Gasteiger partial charge in [-0.15, -0.1) is 0 Å². The molecule has 2 amide bonds. The van der Waals surface area contributed by atoms with Crippen LogP contribution in [0.2, 0.25) is 0 Å². The number of ether oxygens (including phenoxy) is 1. The molecule has 0 spiro atoms. The van der Waals surface area contributed by atoms with Crippen molar-refractivity contribution in [3.05, 3.63) is 300 Å². The third-order valence-electron chi connectivity index (χ3n) is 23.0. The van der Waals surface area contributed by atoms with Crippen molar-refractivity contribution in [3.8, 4) is 61.8 Å². The van der Waals surface area contributed by atoms with Crippen LogP contribution in [0, 0.1) is 45.1 Å². The second-order valence-electron chi connectivity index (χ2n) is 31.4. The number of nitrogens with two attached hydrogens (primary N) is 1. The van der Waals surface area contributed by atoms with Crippen LogP contribution in [0.4, 0.5) is 65.1 Å². The number of carbonyl (C=O) groups excluding carboxylic acids is 8. The van der Waals surface area contributed by atoms with Crippen LogP contribution >= 0.6 is 11.6 Å². The van der Waals surface area contributed by atoms with Crippen LogP contribution in [0.3, 0.4) is 0 Å². The highest BCUT2D eigenvalue weighted by molar-refractivity contribution is 6.83. The predicted octanol–water partition coefficient (Wildman–Crippen LogP) is 14.8. The number of piperazine rings is 3. The molecule has 30 nitrogen and oxygen atoms in total. The lowest BCUT2D eigenvalue weighted by Gasteiger charge is -2.36. The molecule has 17 rings (SSSR count). The van der Waals surface area contributed by atoms with Crippen molar-refractivity contribution >= 4 is 110 Å². The lowest BCUT2D eigenvalue weighted by Crippen LogP contribution is -2.47. The highest BCUT2D eigenvalue weighted by Gasteiger charge is 2.34. The largest absolute Gasteiger partial charge is 0.506 e. The van der Waals surface area contributed by atoms with Crippen molar-refractivity contribution in [1.29, 1.82) is 0 Å². The minimum atomic E-state index is -1.12. The second kappa shape index (κ2) is 42.0. The Hall–Kier alpha value is -16.1. The summed E-state index contributed by atoms with van der Waals surface area (Å²) >= 11 is 5.30. The summed E-state index contributed by atoms with van der Waals surface area (Å²) < 4.78 is 52.0. The third-order valence-corrected chi connectivity index (χ3v) is 23.2. The van der Waals surface area contributed by atoms with Crippen LogP contribution in [-0.4, -0.2) is 183 Å². The molecule has 0 aliphatic carbocycles. The first-order valence-electron chi connectivity index (χ1n) is 42.0. The average Bonchev–Trinajstić information content (AvgIpc) is 1.57. The Bertz CT molecular complexity index is 6600. The SMILES string of the molecule is C.Cc1cc(-c2ccccc2)c(C(=O)C(=O)Cl)n1C.Cc1cc(-c2ccccc2)c(C(=O)C(=O)Nc2ccc(N3CCN(c4ncc(F)cn4)CC3)c(O)c2)n1C.Cc1cc(-c2ccccc2)c(C(=O)C(=O)Nc2ccc(N3CCN(c4ncc(F)cn4)CC3)c(OC(=O)C(=O)c3c(-c4ccccc4)cc(C)n3C)c2)n1C.Nc1ccc(N2CCN(c3ncc(F)cn3)CC2)c(O)c1. The van der Waals surface area contributed by atoms with Crippen molar-refractivity contribution in [2.24, 2.45) is 28.2 Å². The number of ketones is 4. The molecule has 682 valence electrons. The van der Waals surface area contributed by atoms with Gasteiger partial charge in [-0.2, -0.15) is 0 Å². The summed E-state index contributed by atoms with van der Waals surface area (Å²) in [6.45, 7) is 14.5. The summed E-state index contributed by atoms with van der Waals surface area (Å²) in [5, 5.41) is 25.0. The van der Waals surface area contributed by atoms with E-state index in [0.29, 0.717) is 134 Å². The zero-order chi connectivity index (χ0) is 93.7. The lowest BCUT2D eigenvalue weighted by atomic mass is 10.0. The summed E-state index contributed by atoms with van der Waals surface area (Å²) in [6, 6.07) is 59.6. The average molecular weight is 1820 g/mol. The Balaban J connectivity index is 0.000000165. The molecule has 3 fully saturated rings. The Labute approximate surface area is 770 Å². The van der Waals surface area contributed by atoms with E-state index in [9.17, 15) is 61.7 Å². The number of aryl methyl sites for hydroxylation is 4. The highest BCUT2D eigenvalue weighted by atomic mass is 35.5. The number of hydrogen-bond acceptors (Lipinski definition) is 24. The van der Waals surface area contributed by atoms with Crippen molar-refractivity contribution < 1.29 is 66.5 Å². The summed E-state index contributed by atoms with van der Waals surface area (Å²) in [7, 11) is 6.94. The van der Waals surface area contributed by atoms with Gasteiger partial charge < -0.3 is 79.0 Å². The standard InChI is InChI=1S/C42H38FN7O5.C28H27FN6O3.C14H12ClNO2.C14H16FN5O.CH4/c1-26-21-32(28-11-7-5-8-12-28)36(47(26)3)38(51)40(53)46-31-15-16-34(49-17-19-50(20-18-49)42-44-24-30(43)25-45-42)35(23-31)55-41(54)39(52)37-33(22-27(2)48(37)4)29-13-9-6-10-14-29;1-18-14-22(19-6-4-3-5-7-19)25(33(18)2)26(37)27(38)32-21-8-9-23(24(36)15-21)34-10-12-35(13-11-34)28-30-16-20(29)17-31-28;1-9-8-11(10-6-4-3-5-7-10)12(16(9)2)13(17)14(15)18;15-10-8-17-14(18-9-10)20-5-3-19(4-6-20)12-2-1-11(16)7-13(12)21;/h5-16,21-25H,17-20H2,1-4H3,(H,46,53);3-9,14-17,36H,10-13H2,1-2H3,(H,32,38);3-8H,1-2H3;1-2,7-9,21H,3-6,16H2;1H4. The molecule has 3 saturated heterocycles. The summed E-state index contributed by atoms with van der Waals surface area (Å²) in [5.74, 6) is -5.64. The molecular formula is C99H97ClF3N19O11. The fraction of sp³-hybridized carbons (Fsp3) is 0.212. The summed E-state index contributed by atoms with van der Waals surface area (Å²) in [4.78, 5) is 140. The molecule has 0 bridgehead atoms. The van der Waals surface area contributed by atoms with Crippen molar-refractivity contribution in [1.82, 2.24) is 48.2 Å². The maximum atomic E-state index is 13.9. The number of aromatic hydroxyl groups is 2. The van der Waals surface area contributed by atoms with Gasteiger partial charge in [-0.1, -0.05) is 129 Å². The zero-order valence-electron chi connectivity index (χ0n) is 73.3. The van der Waals surface area contributed by atoms with Crippen molar-refractivity contribution in [2.75, 3.05) is 124 Å². The predicted molar refractivity (Wildman–Crippen MR) is 506 cm³/mol. The number of carbonyl (C=O) groups is 8. The first kappa shape index (κ1) is 94.5. The molecule has 6 N–H and O–H groups in total. The quantitative estimate of drug-likeness (QED) is 0.0111. The van der Waals surface area contributed by atoms with Gasteiger partial charge in [0.1, 0.15) is 34.3 Å². The number of hydrogen-bond donors (Lipinski definition) is 5. The fourth-order valence-corrected chi connectivity index (χ4v) is 15.8. The molecule has 0 saturated carbocycles. The Morgan fingerprint density at radius 3 is 0.932 bits per heavy atom. The molecule has 3 aliphatic heterocycles. The number of halogens is 4. The Kier molecular flexibility index (Phi) is 29.9.